The summed E-state index contributed by atoms with van der Waals surface area (Å²) in [6.45, 7) is 2.78. The van der Waals surface area contributed by atoms with Gasteiger partial charge in [-0.3, -0.25) is 4.90 Å². The molecule has 0 aromatic rings. The van der Waals surface area contributed by atoms with Gasteiger partial charge in [-0.2, -0.15) is 14.8 Å². The Bertz CT molecular complexity index is 714. The zero-order valence-corrected chi connectivity index (χ0v) is 17.3. The Balaban J connectivity index is 2.25. The maximum atomic E-state index is 12.3. The number of nitrogens with zero attached hydrogens (tertiary/aromatic N) is 4. The van der Waals surface area contributed by atoms with Crippen molar-refractivity contribution >= 4 is 20.0 Å². The van der Waals surface area contributed by atoms with Crippen LogP contribution in [-0.2, 0) is 20.0 Å². The van der Waals surface area contributed by atoms with Crippen molar-refractivity contribution in [2.45, 2.75) is 38.5 Å². The van der Waals surface area contributed by atoms with E-state index in [-0.39, 0.29) is 11.5 Å². The third kappa shape index (κ3) is 10.0. The molecule has 0 aromatic heterocycles. The molecule has 154 valence electrons. The van der Waals surface area contributed by atoms with Crippen molar-refractivity contribution in [3.63, 3.8) is 0 Å². The van der Waals surface area contributed by atoms with E-state index in [9.17, 15) is 16.8 Å². The molecule has 0 bridgehead atoms. The number of unbranched alkanes of at least 4 members (excludes halogenated alkanes) is 4. The van der Waals surface area contributed by atoms with Crippen LogP contribution in [0.1, 0.15) is 38.5 Å². The topological polar surface area (TPSA) is 134 Å². The lowest BCUT2D eigenvalue weighted by atomic mass is 10.3. The Labute approximate surface area is 163 Å². The minimum absolute atomic E-state index is 0.0203. The van der Waals surface area contributed by atoms with E-state index in [1.54, 1.807) is 0 Å². The summed E-state index contributed by atoms with van der Waals surface area (Å²) in [5, 5.41) is 16.9. The van der Waals surface area contributed by atoms with Crippen molar-refractivity contribution in [2.75, 3.05) is 50.8 Å². The molecule has 0 unspecified atom stereocenters. The van der Waals surface area contributed by atoms with Gasteiger partial charge in [-0.15, -0.1) is 0 Å². The standard InChI is InChI=1S/C16H29N5O4S2/c17-7-3-1-5-15-26(22,23)19-9-10-20-11-13-21(14-12-20)27(24,25)16-6-2-4-8-18/h19H,1-6,9-16H2. The molecule has 1 saturated heterocycles. The van der Waals surface area contributed by atoms with E-state index in [1.165, 1.54) is 4.31 Å². The maximum absolute atomic E-state index is 12.3. The molecule has 1 fully saturated rings. The Hall–Kier alpha value is -1.24. The summed E-state index contributed by atoms with van der Waals surface area (Å²) in [7, 11) is -6.61. The molecule has 1 aliphatic rings. The fraction of sp³-hybridized carbons (Fsp3) is 0.875. The average Bonchev–Trinajstić information content (AvgIpc) is 2.63. The van der Waals surface area contributed by atoms with Crippen LogP contribution in [0.2, 0.25) is 0 Å². The van der Waals surface area contributed by atoms with E-state index in [4.69, 9.17) is 10.5 Å². The molecular weight excluding hydrogens is 390 g/mol. The first kappa shape index (κ1) is 23.8. The van der Waals surface area contributed by atoms with Gasteiger partial charge in [0.1, 0.15) is 0 Å². The summed E-state index contributed by atoms with van der Waals surface area (Å²) in [5.74, 6) is 0.0901. The molecule has 0 spiro atoms. The van der Waals surface area contributed by atoms with Crippen molar-refractivity contribution in [1.82, 2.24) is 13.9 Å². The molecule has 11 heteroatoms. The third-order valence-corrected chi connectivity index (χ3v) is 7.79. The largest absolute Gasteiger partial charge is 0.299 e. The second-order valence-electron chi connectivity index (χ2n) is 6.50. The summed E-state index contributed by atoms with van der Waals surface area (Å²) in [6.07, 6.45) is 2.86. The molecule has 27 heavy (non-hydrogen) atoms. The number of nitrogens with one attached hydrogen (secondary N) is 1. The number of rotatable bonds is 13. The second kappa shape index (κ2) is 12.3. The number of hydrogen-bond donors (Lipinski definition) is 1. The first-order valence-electron chi connectivity index (χ1n) is 9.22. The van der Waals surface area contributed by atoms with E-state index in [1.807, 2.05) is 17.0 Å². The van der Waals surface area contributed by atoms with Gasteiger partial charge in [0.2, 0.25) is 20.0 Å². The van der Waals surface area contributed by atoms with Crippen LogP contribution in [0, 0.1) is 22.7 Å². The molecule has 1 aliphatic heterocycles. The Kier molecular flexibility index (Phi) is 10.8. The summed E-state index contributed by atoms with van der Waals surface area (Å²) in [5.41, 5.74) is 0. The fourth-order valence-electron chi connectivity index (χ4n) is 2.78. The van der Waals surface area contributed by atoms with Crippen molar-refractivity contribution in [2.24, 2.45) is 0 Å². The summed E-state index contributed by atoms with van der Waals surface area (Å²) >= 11 is 0. The van der Waals surface area contributed by atoms with Crippen molar-refractivity contribution < 1.29 is 16.8 Å². The molecule has 0 atom stereocenters. The predicted octanol–water partition coefficient (Wildman–Crippen LogP) is 0.241. The highest BCUT2D eigenvalue weighted by atomic mass is 32.2. The number of piperazine rings is 1. The number of hydrogen-bond acceptors (Lipinski definition) is 7. The average molecular weight is 420 g/mol. The van der Waals surface area contributed by atoms with Crippen LogP contribution in [-0.4, -0.2) is 76.8 Å². The monoisotopic (exact) mass is 419 g/mol. The lowest BCUT2D eigenvalue weighted by Gasteiger charge is -2.34. The van der Waals surface area contributed by atoms with Gasteiger partial charge in [-0.05, 0) is 25.7 Å². The lowest BCUT2D eigenvalue weighted by molar-refractivity contribution is 0.191. The molecule has 0 amide bonds. The fourth-order valence-corrected chi connectivity index (χ4v) is 5.45. The summed E-state index contributed by atoms with van der Waals surface area (Å²) in [4.78, 5) is 2.04. The van der Waals surface area contributed by atoms with Crippen LogP contribution < -0.4 is 4.72 Å². The second-order valence-corrected chi connectivity index (χ2v) is 10.5. The van der Waals surface area contributed by atoms with Gasteiger partial charge in [-0.1, -0.05) is 0 Å². The van der Waals surface area contributed by atoms with Crippen molar-refractivity contribution in [3.8, 4) is 12.1 Å². The third-order valence-electron chi connectivity index (χ3n) is 4.37. The molecule has 1 heterocycles. The molecule has 0 aliphatic carbocycles. The minimum Gasteiger partial charge on any atom is -0.299 e. The van der Waals surface area contributed by atoms with E-state index in [0.717, 1.165) is 0 Å². The minimum atomic E-state index is -3.33. The van der Waals surface area contributed by atoms with E-state index in [2.05, 4.69) is 4.72 Å². The quantitative estimate of drug-likeness (QED) is 0.423. The SMILES string of the molecule is N#CCCCCS(=O)(=O)NCCN1CCN(S(=O)(=O)CCCCC#N)CC1. The number of nitriles is 2. The van der Waals surface area contributed by atoms with Crippen LogP contribution in [0.4, 0.5) is 0 Å². The first-order chi connectivity index (χ1) is 12.8. The van der Waals surface area contributed by atoms with Crippen molar-refractivity contribution in [1.29, 1.82) is 10.5 Å². The molecule has 0 saturated carbocycles. The van der Waals surface area contributed by atoms with E-state index in [0.29, 0.717) is 77.8 Å². The van der Waals surface area contributed by atoms with Gasteiger partial charge in [0, 0.05) is 52.1 Å². The van der Waals surface area contributed by atoms with Crippen LogP contribution in [0.25, 0.3) is 0 Å². The zero-order valence-electron chi connectivity index (χ0n) is 15.6. The van der Waals surface area contributed by atoms with E-state index >= 15 is 0 Å². The van der Waals surface area contributed by atoms with Gasteiger partial charge in [-0.25, -0.2) is 21.6 Å². The van der Waals surface area contributed by atoms with Crippen LogP contribution >= 0.6 is 0 Å². The Morgan fingerprint density at radius 1 is 0.815 bits per heavy atom. The van der Waals surface area contributed by atoms with Gasteiger partial charge in [0.05, 0.1) is 23.6 Å². The van der Waals surface area contributed by atoms with Gasteiger partial charge < -0.3 is 0 Å². The summed E-state index contributed by atoms with van der Waals surface area (Å²) < 4.78 is 52.2. The highest BCUT2D eigenvalue weighted by Gasteiger charge is 2.26. The normalized spacial score (nSPS) is 16.7. The summed E-state index contributed by atoms with van der Waals surface area (Å²) in [6, 6.07) is 4.00. The smallest absolute Gasteiger partial charge is 0.214 e. The van der Waals surface area contributed by atoms with Crippen LogP contribution in [0.3, 0.4) is 0 Å². The molecule has 1 N–H and O–H groups in total. The highest BCUT2D eigenvalue weighted by molar-refractivity contribution is 7.89. The highest BCUT2D eigenvalue weighted by Crippen LogP contribution is 2.10. The van der Waals surface area contributed by atoms with Crippen LogP contribution in [0.5, 0.6) is 0 Å². The molecule has 9 nitrogen and oxygen atoms in total. The van der Waals surface area contributed by atoms with Gasteiger partial charge in [0.25, 0.3) is 0 Å². The predicted molar refractivity (Wildman–Crippen MR) is 103 cm³/mol. The van der Waals surface area contributed by atoms with Gasteiger partial charge >= 0.3 is 0 Å². The zero-order chi connectivity index (χ0) is 20.2. The molecule has 0 radical (unpaired) electrons. The first-order valence-corrected chi connectivity index (χ1v) is 12.5. The number of sulfonamides is 2. The lowest BCUT2D eigenvalue weighted by Crippen LogP contribution is -2.50. The van der Waals surface area contributed by atoms with E-state index < -0.39 is 20.0 Å². The Morgan fingerprint density at radius 3 is 1.93 bits per heavy atom. The van der Waals surface area contributed by atoms with Crippen LogP contribution in [0.15, 0.2) is 0 Å². The molecule has 1 rings (SSSR count). The van der Waals surface area contributed by atoms with Crippen molar-refractivity contribution in [3.05, 3.63) is 0 Å². The molecule has 0 aromatic carbocycles. The molecular formula is C16H29N5O4S2. The Morgan fingerprint density at radius 2 is 1.37 bits per heavy atom. The maximum Gasteiger partial charge on any atom is 0.214 e. The van der Waals surface area contributed by atoms with Gasteiger partial charge in [0.15, 0.2) is 0 Å².